The van der Waals surface area contributed by atoms with Crippen molar-refractivity contribution in [1.82, 2.24) is 4.90 Å². The van der Waals surface area contributed by atoms with E-state index in [-0.39, 0.29) is 5.91 Å². The van der Waals surface area contributed by atoms with Gasteiger partial charge in [-0.3, -0.25) is 9.59 Å². The van der Waals surface area contributed by atoms with E-state index in [2.05, 4.69) is 11.4 Å². The highest BCUT2D eigenvalue weighted by molar-refractivity contribution is 7.10. The molecule has 1 aliphatic rings. The summed E-state index contributed by atoms with van der Waals surface area (Å²) in [5, 5.41) is 2.06. The molecule has 0 fully saturated rings. The van der Waals surface area contributed by atoms with Gasteiger partial charge >= 0.3 is 5.97 Å². The highest BCUT2D eigenvalue weighted by Gasteiger charge is 2.31. The Morgan fingerprint density at radius 3 is 2.21 bits per heavy atom. The third-order valence-electron chi connectivity index (χ3n) is 5.26. The molecule has 0 aliphatic carbocycles. The summed E-state index contributed by atoms with van der Waals surface area (Å²) < 4.78 is 5.68. The maximum atomic E-state index is 13.1. The van der Waals surface area contributed by atoms with Crippen LogP contribution in [-0.2, 0) is 27.3 Å². The summed E-state index contributed by atoms with van der Waals surface area (Å²) in [6, 6.07) is 21.1. The highest BCUT2D eigenvalue weighted by atomic mass is 32.1. The molecule has 2 heterocycles. The van der Waals surface area contributed by atoms with Gasteiger partial charge in [0.05, 0.1) is 0 Å². The minimum absolute atomic E-state index is 0.143. The van der Waals surface area contributed by atoms with Gasteiger partial charge in [0.25, 0.3) is 5.91 Å². The molecule has 4 rings (SSSR count). The number of benzene rings is 2. The Kier molecular flexibility index (Phi) is 5.76. The van der Waals surface area contributed by atoms with Crippen LogP contribution in [0.15, 0.2) is 72.1 Å². The summed E-state index contributed by atoms with van der Waals surface area (Å²) in [7, 11) is 0. The second kappa shape index (κ2) is 8.62. The molecule has 0 bridgehead atoms. The first-order valence-corrected chi connectivity index (χ1v) is 10.7. The lowest BCUT2D eigenvalue weighted by Gasteiger charge is -2.29. The Morgan fingerprint density at radius 2 is 1.59 bits per heavy atom. The zero-order valence-electron chi connectivity index (χ0n) is 16.3. The zero-order valence-corrected chi connectivity index (χ0v) is 17.1. The van der Waals surface area contributed by atoms with Crippen LogP contribution in [0.3, 0.4) is 0 Å². The van der Waals surface area contributed by atoms with Gasteiger partial charge in [-0.2, -0.15) is 0 Å². The second-order valence-electron chi connectivity index (χ2n) is 7.21. The van der Waals surface area contributed by atoms with Crippen molar-refractivity contribution in [2.24, 2.45) is 0 Å². The molecular formula is C24H23NO3S. The third-order valence-corrected chi connectivity index (χ3v) is 6.28. The fourth-order valence-corrected chi connectivity index (χ4v) is 4.63. The Morgan fingerprint density at radius 1 is 0.966 bits per heavy atom. The van der Waals surface area contributed by atoms with Gasteiger partial charge in [0.1, 0.15) is 5.92 Å². The van der Waals surface area contributed by atoms with Crippen molar-refractivity contribution < 1.29 is 14.3 Å². The molecule has 148 valence electrons. The normalized spacial score (nSPS) is 14.3. The van der Waals surface area contributed by atoms with Crippen LogP contribution in [-0.4, -0.2) is 29.4 Å². The second-order valence-corrected chi connectivity index (χ2v) is 8.21. The van der Waals surface area contributed by atoms with Crippen molar-refractivity contribution in [3.05, 3.63) is 93.7 Å². The van der Waals surface area contributed by atoms with Crippen LogP contribution < -0.4 is 0 Å². The number of hydrogen-bond acceptors (Lipinski definition) is 4. The lowest BCUT2D eigenvalue weighted by Crippen LogP contribution is -2.42. The van der Waals surface area contributed by atoms with Gasteiger partial charge in [0.2, 0.25) is 0 Å². The van der Waals surface area contributed by atoms with Gasteiger partial charge in [0.15, 0.2) is 6.10 Å². The topological polar surface area (TPSA) is 46.6 Å². The molecule has 1 amide bonds. The number of nitrogens with zero attached hydrogens (tertiary/aromatic N) is 1. The van der Waals surface area contributed by atoms with E-state index < -0.39 is 18.0 Å². The molecule has 1 aliphatic heterocycles. The summed E-state index contributed by atoms with van der Waals surface area (Å²) in [5.41, 5.74) is 2.90. The smallest absolute Gasteiger partial charge is 0.318 e. The van der Waals surface area contributed by atoms with Gasteiger partial charge in [0, 0.05) is 18.0 Å². The summed E-state index contributed by atoms with van der Waals surface area (Å²) >= 11 is 1.73. The number of fused-ring (bicyclic) bond motifs is 1. The average Bonchev–Trinajstić information content (AvgIpc) is 3.23. The minimum Gasteiger partial charge on any atom is -0.452 e. The first-order chi connectivity index (χ1) is 14.1. The maximum Gasteiger partial charge on any atom is 0.318 e. The third kappa shape index (κ3) is 4.25. The van der Waals surface area contributed by atoms with Gasteiger partial charge in [-0.15, -0.1) is 11.3 Å². The number of esters is 1. The quantitative estimate of drug-likeness (QED) is 0.591. The molecule has 0 radical (unpaired) electrons. The minimum atomic E-state index is -0.822. The number of rotatable bonds is 5. The van der Waals surface area contributed by atoms with Crippen LogP contribution in [0.2, 0.25) is 0 Å². The largest absolute Gasteiger partial charge is 0.452 e. The summed E-state index contributed by atoms with van der Waals surface area (Å²) in [4.78, 5) is 29.1. The Bertz CT molecular complexity index is 944. The highest BCUT2D eigenvalue weighted by Crippen LogP contribution is 2.28. The van der Waals surface area contributed by atoms with Gasteiger partial charge in [-0.1, -0.05) is 60.7 Å². The first-order valence-electron chi connectivity index (χ1n) is 9.78. The van der Waals surface area contributed by atoms with Crippen molar-refractivity contribution in [2.75, 3.05) is 6.54 Å². The zero-order chi connectivity index (χ0) is 20.2. The van der Waals surface area contributed by atoms with Crippen LogP contribution in [0.1, 0.15) is 34.4 Å². The van der Waals surface area contributed by atoms with Gasteiger partial charge < -0.3 is 9.64 Å². The molecular weight excluding hydrogens is 382 g/mol. The van der Waals surface area contributed by atoms with E-state index in [1.807, 2.05) is 60.7 Å². The molecule has 0 spiro atoms. The number of carbonyl (C=O) groups excluding carboxylic acids is 2. The molecule has 3 aromatic rings. The monoisotopic (exact) mass is 405 g/mol. The maximum absolute atomic E-state index is 13.1. The van der Waals surface area contributed by atoms with E-state index in [0.717, 1.165) is 17.5 Å². The van der Waals surface area contributed by atoms with Crippen molar-refractivity contribution >= 4 is 23.2 Å². The van der Waals surface area contributed by atoms with Crippen LogP contribution in [0.5, 0.6) is 0 Å². The van der Waals surface area contributed by atoms with Crippen LogP contribution >= 0.6 is 11.3 Å². The van der Waals surface area contributed by atoms with Crippen molar-refractivity contribution in [2.45, 2.75) is 31.9 Å². The summed E-state index contributed by atoms with van der Waals surface area (Å²) in [6.07, 6.45) is 0.0355. The molecule has 29 heavy (non-hydrogen) atoms. The van der Waals surface area contributed by atoms with Crippen LogP contribution in [0, 0.1) is 0 Å². The summed E-state index contributed by atoms with van der Waals surface area (Å²) in [5.74, 6) is -1.11. The van der Waals surface area contributed by atoms with Gasteiger partial charge in [-0.05, 0) is 41.5 Å². The molecule has 0 N–H and O–H groups in total. The molecule has 4 nitrogen and oxygen atoms in total. The lowest BCUT2D eigenvalue weighted by atomic mass is 9.91. The molecule has 1 atom stereocenters. The molecule has 5 heteroatoms. The predicted molar refractivity (Wildman–Crippen MR) is 114 cm³/mol. The molecule has 1 aromatic heterocycles. The fourth-order valence-electron chi connectivity index (χ4n) is 3.74. The van der Waals surface area contributed by atoms with E-state index in [0.29, 0.717) is 13.1 Å². The molecule has 2 aromatic carbocycles. The number of ether oxygens (including phenoxy) is 1. The van der Waals surface area contributed by atoms with E-state index in [4.69, 9.17) is 4.74 Å². The standard InChI is InChI=1S/C24H23NO3S/c1-17(23(26)25-14-12-21-20(16-25)13-15-29-21)28-24(27)22(18-8-4-2-5-9-18)19-10-6-3-7-11-19/h2-11,13,15,17,22H,12,14,16H2,1H3. The fraction of sp³-hybridized carbons (Fsp3) is 0.250. The SMILES string of the molecule is CC(OC(=O)C(c1ccccc1)c1ccccc1)C(=O)N1CCc2sccc2C1. The Balaban J connectivity index is 1.49. The Labute approximate surface area is 174 Å². The number of thiophene rings is 1. The van der Waals surface area contributed by atoms with E-state index in [1.54, 1.807) is 23.2 Å². The van der Waals surface area contributed by atoms with E-state index in [1.165, 1.54) is 10.4 Å². The van der Waals surface area contributed by atoms with Crippen molar-refractivity contribution in [3.63, 3.8) is 0 Å². The van der Waals surface area contributed by atoms with Crippen molar-refractivity contribution in [1.29, 1.82) is 0 Å². The van der Waals surface area contributed by atoms with E-state index in [9.17, 15) is 9.59 Å². The summed E-state index contributed by atoms with van der Waals surface area (Å²) in [6.45, 7) is 2.91. The van der Waals surface area contributed by atoms with Crippen LogP contribution in [0.25, 0.3) is 0 Å². The van der Waals surface area contributed by atoms with Crippen molar-refractivity contribution in [3.8, 4) is 0 Å². The van der Waals surface area contributed by atoms with E-state index >= 15 is 0 Å². The lowest BCUT2D eigenvalue weighted by molar-refractivity contribution is -0.160. The predicted octanol–water partition coefficient (Wildman–Crippen LogP) is 4.40. The van der Waals surface area contributed by atoms with Gasteiger partial charge in [-0.25, -0.2) is 0 Å². The first kappa shape index (κ1) is 19.4. The number of amides is 1. The molecule has 0 saturated carbocycles. The Hall–Kier alpha value is -2.92. The number of hydrogen-bond donors (Lipinski definition) is 0. The van der Waals surface area contributed by atoms with Crippen LogP contribution in [0.4, 0.5) is 0 Å². The molecule has 0 saturated heterocycles. The average molecular weight is 406 g/mol. The number of carbonyl (C=O) groups is 2. The molecule has 1 unspecified atom stereocenters.